The van der Waals surface area contributed by atoms with Crippen LogP contribution in [0.15, 0.2) is 47.6 Å². The number of benzene rings is 1. The van der Waals surface area contributed by atoms with Gasteiger partial charge in [-0.25, -0.2) is 8.42 Å². The molecule has 0 unspecified atom stereocenters. The summed E-state index contributed by atoms with van der Waals surface area (Å²) in [6, 6.07) is 7.91. The molecule has 1 aromatic heterocycles. The van der Waals surface area contributed by atoms with Crippen LogP contribution >= 0.6 is 0 Å². The van der Waals surface area contributed by atoms with Crippen LogP contribution in [0.4, 0.5) is 0 Å². The Labute approximate surface area is 142 Å². The Morgan fingerprint density at radius 1 is 1.25 bits per heavy atom. The molecule has 0 saturated heterocycles. The summed E-state index contributed by atoms with van der Waals surface area (Å²) in [6.45, 7) is 5.35. The topological polar surface area (TPSA) is 88.2 Å². The SMILES string of the molecule is Cc1ccc(C)c(S(=O)(=O)N[C@H](C)C(=O)NCc2cccnc2)c1. The highest BCUT2D eigenvalue weighted by Gasteiger charge is 2.23. The number of sulfonamides is 1. The third kappa shape index (κ3) is 4.62. The van der Waals surface area contributed by atoms with Crippen LogP contribution in [0.1, 0.15) is 23.6 Å². The first-order chi connectivity index (χ1) is 11.3. The van der Waals surface area contributed by atoms with Crippen molar-refractivity contribution in [2.45, 2.75) is 38.3 Å². The number of pyridine rings is 1. The second-order valence-corrected chi connectivity index (χ2v) is 7.37. The first-order valence-corrected chi connectivity index (χ1v) is 9.04. The van der Waals surface area contributed by atoms with Crippen LogP contribution in [-0.4, -0.2) is 25.4 Å². The zero-order chi connectivity index (χ0) is 17.7. The molecule has 1 atom stereocenters. The molecule has 1 amide bonds. The van der Waals surface area contributed by atoms with E-state index in [9.17, 15) is 13.2 Å². The average Bonchev–Trinajstić information content (AvgIpc) is 2.55. The molecular formula is C17H21N3O3S. The van der Waals surface area contributed by atoms with Gasteiger partial charge >= 0.3 is 0 Å². The van der Waals surface area contributed by atoms with E-state index in [0.29, 0.717) is 12.1 Å². The Morgan fingerprint density at radius 2 is 2.00 bits per heavy atom. The molecule has 0 radical (unpaired) electrons. The van der Waals surface area contributed by atoms with Crippen LogP contribution in [0.25, 0.3) is 0 Å². The van der Waals surface area contributed by atoms with Crippen molar-refractivity contribution in [1.29, 1.82) is 0 Å². The van der Waals surface area contributed by atoms with Gasteiger partial charge in [0.2, 0.25) is 15.9 Å². The molecule has 0 aliphatic heterocycles. The van der Waals surface area contributed by atoms with Gasteiger partial charge in [0.1, 0.15) is 0 Å². The van der Waals surface area contributed by atoms with Gasteiger partial charge in [0.15, 0.2) is 0 Å². The van der Waals surface area contributed by atoms with Crippen molar-refractivity contribution >= 4 is 15.9 Å². The quantitative estimate of drug-likeness (QED) is 0.832. The highest BCUT2D eigenvalue weighted by molar-refractivity contribution is 7.89. The fourth-order valence-electron chi connectivity index (χ4n) is 2.19. The number of nitrogens with zero attached hydrogens (tertiary/aromatic N) is 1. The summed E-state index contributed by atoms with van der Waals surface area (Å²) in [4.78, 5) is 16.3. The molecule has 0 aliphatic carbocycles. The van der Waals surface area contributed by atoms with E-state index in [4.69, 9.17) is 0 Å². The molecule has 0 aliphatic rings. The molecule has 0 bridgehead atoms. The summed E-state index contributed by atoms with van der Waals surface area (Å²) < 4.78 is 27.4. The highest BCUT2D eigenvalue weighted by Crippen LogP contribution is 2.16. The highest BCUT2D eigenvalue weighted by atomic mass is 32.2. The van der Waals surface area contributed by atoms with Crippen molar-refractivity contribution in [1.82, 2.24) is 15.0 Å². The average molecular weight is 347 g/mol. The zero-order valence-corrected chi connectivity index (χ0v) is 14.7. The summed E-state index contributed by atoms with van der Waals surface area (Å²) in [5.74, 6) is -0.396. The van der Waals surface area contributed by atoms with Crippen molar-refractivity contribution in [2.75, 3.05) is 0 Å². The standard InChI is InChI=1S/C17H21N3O3S/c1-12-6-7-13(2)16(9-12)24(22,23)20-14(3)17(21)19-11-15-5-4-8-18-10-15/h4-10,14,20H,11H2,1-3H3,(H,19,21)/t14-/m1/s1. The lowest BCUT2D eigenvalue weighted by atomic mass is 10.2. The van der Waals surface area contributed by atoms with E-state index in [2.05, 4.69) is 15.0 Å². The number of rotatable bonds is 6. The number of aryl methyl sites for hydroxylation is 2. The Morgan fingerprint density at radius 3 is 2.67 bits per heavy atom. The summed E-state index contributed by atoms with van der Waals surface area (Å²) in [7, 11) is -3.76. The lowest BCUT2D eigenvalue weighted by molar-refractivity contribution is -0.122. The van der Waals surface area contributed by atoms with Gasteiger partial charge in [-0.05, 0) is 49.6 Å². The van der Waals surface area contributed by atoms with E-state index >= 15 is 0 Å². The number of carbonyl (C=O) groups is 1. The Balaban J connectivity index is 2.03. The maximum atomic E-state index is 12.5. The van der Waals surface area contributed by atoms with Crippen LogP contribution in [0, 0.1) is 13.8 Å². The molecular weight excluding hydrogens is 326 g/mol. The summed E-state index contributed by atoms with van der Waals surface area (Å²) >= 11 is 0. The number of hydrogen-bond donors (Lipinski definition) is 2. The Bertz CT molecular complexity index is 820. The number of nitrogens with one attached hydrogen (secondary N) is 2. The summed E-state index contributed by atoms with van der Waals surface area (Å²) in [5.41, 5.74) is 2.32. The van der Waals surface area contributed by atoms with Crippen molar-refractivity contribution in [3.05, 3.63) is 59.4 Å². The van der Waals surface area contributed by atoms with Gasteiger partial charge in [-0.2, -0.15) is 4.72 Å². The molecule has 0 saturated carbocycles. The largest absolute Gasteiger partial charge is 0.351 e. The molecule has 2 N–H and O–H groups in total. The monoisotopic (exact) mass is 347 g/mol. The van der Waals surface area contributed by atoms with Gasteiger partial charge < -0.3 is 5.32 Å². The number of hydrogen-bond acceptors (Lipinski definition) is 4. The molecule has 0 spiro atoms. The van der Waals surface area contributed by atoms with Gasteiger partial charge in [-0.15, -0.1) is 0 Å². The maximum absolute atomic E-state index is 12.5. The molecule has 1 aromatic carbocycles. The van der Waals surface area contributed by atoms with Gasteiger partial charge in [0, 0.05) is 18.9 Å². The van der Waals surface area contributed by atoms with E-state index in [1.165, 1.54) is 6.92 Å². The van der Waals surface area contributed by atoms with Gasteiger partial charge in [-0.1, -0.05) is 18.2 Å². The predicted molar refractivity (Wildman–Crippen MR) is 91.8 cm³/mol. The normalized spacial score (nSPS) is 12.6. The van der Waals surface area contributed by atoms with Gasteiger partial charge in [0.05, 0.1) is 10.9 Å². The van der Waals surface area contributed by atoms with Crippen molar-refractivity contribution in [2.24, 2.45) is 0 Å². The zero-order valence-electron chi connectivity index (χ0n) is 13.9. The molecule has 6 nitrogen and oxygen atoms in total. The summed E-state index contributed by atoms with van der Waals surface area (Å²) in [5, 5.41) is 2.69. The Hall–Kier alpha value is -2.25. The minimum atomic E-state index is -3.76. The third-order valence-corrected chi connectivity index (χ3v) is 5.23. The predicted octanol–water partition coefficient (Wildman–Crippen LogP) is 1.68. The maximum Gasteiger partial charge on any atom is 0.241 e. The fraction of sp³-hybridized carbons (Fsp3) is 0.294. The number of aromatic nitrogens is 1. The molecule has 2 rings (SSSR count). The van der Waals surface area contributed by atoms with E-state index in [1.54, 1.807) is 37.5 Å². The second-order valence-electron chi connectivity index (χ2n) is 5.69. The number of carbonyl (C=O) groups excluding carboxylic acids is 1. The van der Waals surface area contributed by atoms with Crippen molar-refractivity contribution < 1.29 is 13.2 Å². The van der Waals surface area contributed by atoms with Gasteiger partial charge in [0.25, 0.3) is 0 Å². The first kappa shape index (κ1) is 18.1. The molecule has 24 heavy (non-hydrogen) atoms. The smallest absolute Gasteiger partial charge is 0.241 e. The molecule has 2 aromatic rings. The van der Waals surface area contributed by atoms with Crippen LogP contribution in [0.2, 0.25) is 0 Å². The molecule has 128 valence electrons. The van der Waals surface area contributed by atoms with Crippen molar-refractivity contribution in [3.8, 4) is 0 Å². The van der Waals surface area contributed by atoms with E-state index < -0.39 is 22.0 Å². The van der Waals surface area contributed by atoms with Gasteiger partial charge in [-0.3, -0.25) is 9.78 Å². The second kappa shape index (κ2) is 7.55. The lowest BCUT2D eigenvalue weighted by Crippen LogP contribution is -2.44. The first-order valence-electron chi connectivity index (χ1n) is 7.56. The van der Waals surface area contributed by atoms with Crippen molar-refractivity contribution in [3.63, 3.8) is 0 Å². The Kier molecular flexibility index (Phi) is 5.69. The third-order valence-electron chi connectivity index (χ3n) is 3.55. The molecule has 7 heteroatoms. The lowest BCUT2D eigenvalue weighted by Gasteiger charge is -2.16. The van der Waals surface area contributed by atoms with Crippen LogP contribution < -0.4 is 10.0 Å². The van der Waals surface area contributed by atoms with Crippen LogP contribution in [0.5, 0.6) is 0 Å². The molecule has 1 heterocycles. The minimum Gasteiger partial charge on any atom is -0.351 e. The number of amides is 1. The van der Waals surface area contributed by atoms with Crippen LogP contribution in [-0.2, 0) is 21.4 Å². The van der Waals surface area contributed by atoms with Crippen LogP contribution in [0.3, 0.4) is 0 Å². The van der Waals surface area contributed by atoms with E-state index in [0.717, 1.165) is 11.1 Å². The van der Waals surface area contributed by atoms with E-state index in [-0.39, 0.29) is 4.90 Å². The summed E-state index contributed by atoms with van der Waals surface area (Å²) in [6.07, 6.45) is 3.29. The minimum absolute atomic E-state index is 0.189. The van der Waals surface area contributed by atoms with E-state index in [1.807, 2.05) is 19.1 Å². The molecule has 0 fully saturated rings. The fourth-order valence-corrected chi connectivity index (χ4v) is 3.72.